The van der Waals surface area contributed by atoms with Gasteiger partial charge in [-0.15, -0.1) is 13.2 Å². The van der Waals surface area contributed by atoms with E-state index in [1.807, 2.05) is 68.4 Å². The lowest BCUT2D eigenvalue weighted by Gasteiger charge is -2.40. The molecule has 3 aliphatic rings. The molecule has 0 saturated carbocycles. The molecule has 9 nitrogen and oxygen atoms in total. The molecule has 3 saturated heterocycles. The number of rotatable bonds is 15. The van der Waals surface area contributed by atoms with Crippen LogP contribution < -0.4 is 14.5 Å². The smallest absolute Gasteiger partial charge is 0.253 e. The number of likely N-dealkylation sites (tertiary alicyclic amines) is 1. The molecule has 1 N–H and O–H groups in total. The van der Waals surface area contributed by atoms with Crippen LogP contribution in [0.4, 0.5) is 11.4 Å². The average molecular weight is 712 g/mol. The van der Waals surface area contributed by atoms with Crippen molar-refractivity contribution < 1.29 is 29.0 Å². The minimum Gasteiger partial charge on any atom is -0.494 e. The number of hydrogen-bond acceptors (Lipinski definition) is 6. The van der Waals surface area contributed by atoms with E-state index in [9.17, 15) is 5.11 Å². The lowest BCUT2D eigenvalue weighted by molar-refractivity contribution is -0.149. The van der Waals surface area contributed by atoms with Crippen LogP contribution in [0, 0.1) is 11.8 Å². The fraction of sp³-hybridized carbons (Fsp3) is 0.390. The van der Waals surface area contributed by atoms with Gasteiger partial charge in [0, 0.05) is 18.8 Å². The van der Waals surface area contributed by atoms with E-state index in [4.69, 9.17) is 21.1 Å². The summed E-state index contributed by atoms with van der Waals surface area (Å²) in [6.45, 7) is 12.1. The number of fused-ring (bicyclic) bond motifs is 1. The lowest BCUT2D eigenvalue weighted by Crippen LogP contribution is -2.59. The van der Waals surface area contributed by atoms with Crippen LogP contribution in [0.5, 0.6) is 5.75 Å². The summed E-state index contributed by atoms with van der Waals surface area (Å²) in [5.41, 5.74) is -0.301. The van der Waals surface area contributed by atoms with Crippen molar-refractivity contribution in [2.24, 2.45) is 11.8 Å². The minimum absolute atomic E-state index is 0.121. The minimum atomic E-state index is -1.33. The third-order valence-corrected chi connectivity index (χ3v) is 11.1. The van der Waals surface area contributed by atoms with Crippen molar-refractivity contribution in [1.29, 1.82) is 0 Å². The zero-order chi connectivity index (χ0) is 36.3. The number of para-hydroxylation sites is 1. The Labute approximate surface area is 305 Å². The number of aliphatic hydroxyl groups excluding tert-OH is 1. The maximum atomic E-state index is 15.2. The molecule has 3 amide bonds. The third kappa shape index (κ3) is 6.26. The maximum Gasteiger partial charge on any atom is 0.253 e. The molecule has 3 aliphatic heterocycles. The Morgan fingerprint density at radius 3 is 2.27 bits per heavy atom. The Balaban J connectivity index is 1.48. The zero-order valence-electron chi connectivity index (χ0n) is 29.2. The summed E-state index contributed by atoms with van der Waals surface area (Å²) in [4.78, 5) is 50.1. The number of nitrogens with zero attached hydrogens (tertiary/aromatic N) is 3. The molecule has 3 aromatic rings. The van der Waals surface area contributed by atoms with Gasteiger partial charge in [-0.1, -0.05) is 73.1 Å². The normalized spacial score (nSPS) is 25.3. The third-order valence-electron chi connectivity index (χ3n) is 10.8. The summed E-state index contributed by atoms with van der Waals surface area (Å²) in [5.74, 6) is -2.23. The zero-order valence-corrected chi connectivity index (χ0v) is 30.0. The second kappa shape index (κ2) is 15.0. The molecule has 1 spiro atoms. The van der Waals surface area contributed by atoms with Crippen molar-refractivity contribution in [3.63, 3.8) is 0 Å². The number of carbonyl (C=O) groups is 3. The first-order valence-corrected chi connectivity index (χ1v) is 18.1. The molecule has 0 aliphatic carbocycles. The van der Waals surface area contributed by atoms with Crippen LogP contribution in [0.3, 0.4) is 0 Å². The van der Waals surface area contributed by atoms with Crippen LogP contribution in [-0.2, 0) is 25.5 Å². The highest BCUT2D eigenvalue weighted by Gasteiger charge is 2.79. The van der Waals surface area contributed by atoms with Crippen LogP contribution in [0.2, 0.25) is 5.02 Å². The van der Waals surface area contributed by atoms with E-state index in [2.05, 4.69) is 13.2 Å². The van der Waals surface area contributed by atoms with E-state index in [1.54, 1.807) is 41.3 Å². The highest BCUT2D eigenvalue weighted by atomic mass is 35.5. The van der Waals surface area contributed by atoms with Crippen LogP contribution in [0.1, 0.15) is 38.7 Å². The van der Waals surface area contributed by atoms with Crippen LogP contribution in [-0.4, -0.2) is 77.3 Å². The van der Waals surface area contributed by atoms with E-state index in [-0.39, 0.29) is 24.9 Å². The van der Waals surface area contributed by atoms with Crippen molar-refractivity contribution in [2.75, 3.05) is 36.1 Å². The van der Waals surface area contributed by atoms with Gasteiger partial charge >= 0.3 is 0 Å². The number of anilines is 2. The molecule has 268 valence electrons. The van der Waals surface area contributed by atoms with Crippen molar-refractivity contribution in [1.82, 2.24) is 4.90 Å². The number of amides is 3. The van der Waals surface area contributed by atoms with Gasteiger partial charge in [0.1, 0.15) is 17.4 Å². The largest absolute Gasteiger partial charge is 0.494 e. The van der Waals surface area contributed by atoms with Crippen LogP contribution in [0.25, 0.3) is 0 Å². The number of benzene rings is 3. The van der Waals surface area contributed by atoms with E-state index in [0.29, 0.717) is 54.4 Å². The molecular formula is C41H46ClN3O6. The molecule has 3 fully saturated rings. The number of ether oxygens (including phenoxy) is 2. The molecule has 3 heterocycles. The molecule has 2 bridgehead atoms. The first kappa shape index (κ1) is 36.4. The van der Waals surface area contributed by atoms with E-state index < -0.39 is 47.6 Å². The molecule has 3 aromatic carbocycles. The van der Waals surface area contributed by atoms with Gasteiger partial charge in [-0.2, -0.15) is 0 Å². The lowest BCUT2D eigenvalue weighted by atomic mass is 9.64. The van der Waals surface area contributed by atoms with E-state index in [0.717, 1.165) is 5.56 Å². The summed E-state index contributed by atoms with van der Waals surface area (Å²) in [7, 11) is 0. The van der Waals surface area contributed by atoms with Crippen molar-refractivity contribution in [2.45, 2.75) is 62.8 Å². The monoisotopic (exact) mass is 711 g/mol. The van der Waals surface area contributed by atoms with Crippen molar-refractivity contribution in [3.05, 3.63) is 115 Å². The van der Waals surface area contributed by atoms with Crippen LogP contribution in [0.15, 0.2) is 104 Å². The van der Waals surface area contributed by atoms with Gasteiger partial charge in [0.25, 0.3) is 5.91 Å². The Bertz CT molecular complexity index is 1770. The van der Waals surface area contributed by atoms with Gasteiger partial charge in [0.2, 0.25) is 11.8 Å². The highest BCUT2D eigenvalue weighted by molar-refractivity contribution is 6.34. The van der Waals surface area contributed by atoms with E-state index in [1.165, 1.54) is 9.80 Å². The molecule has 0 aromatic heterocycles. The SMILES string of the molecule is C=CCN(C(=O)[C@@H]1[C@H]2C(=O)N([C@@H](CO)Cc3ccccc3)C(C(=O)N(CC=C)c3ccccc3Cl)C23CC[C@@]1(CC)O3)c1ccc(OCC)cc1. The molecule has 2 unspecified atom stereocenters. The van der Waals surface area contributed by atoms with Crippen LogP contribution >= 0.6 is 11.6 Å². The predicted octanol–water partition coefficient (Wildman–Crippen LogP) is 6.24. The van der Waals surface area contributed by atoms with Gasteiger partial charge in [-0.25, -0.2) is 0 Å². The quantitative estimate of drug-likeness (QED) is 0.188. The Morgan fingerprint density at radius 1 is 0.980 bits per heavy atom. The van der Waals surface area contributed by atoms with Gasteiger partial charge < -0.3 is 29.3 Å². The summed E-state index contributed by atoms with van der Waals surface area (Å²) in [5, 5.41) is 11.3. The maximum absolute atomic E-state index is 15.2. The number of aliphatic hydroxyl groups is 1. The number of carbonyl (C=O) groups excluding carboxylic acids is 3. The second-order valence-corrected chi connectivity index (χ2v) is 13.9. The Morgan fingerprint density at radius 2 is 1.65 bits per heavy atom. The summed E-state index contributed by atoms with van der Waals surface area (Å²) in [6.07, 6.45) is 4.92. The Hall–Kier alpha value is -4.44. The summed E-state index contributed by atoms with van der Waals surface area (Å²) in [6, 6.07) is 21.9. The summed E-state index contributed by atoms with van der Waals surface area (Å²) >= 11 is 6.67. The first-order valence-electron chi connectivity index (χ1n) is 17.7. The van der Waals surface area contributed by atoms with Gasteiger partial charge in [-0.3, -0.25) is 14.4 Å². The molecule has 0 radical (unpaired) electrons. The van der Waals surface area contributed by atoms with E-state index >= 15 is 14.4 Å². The van der Waals surface area contributed by atoms with Gasteiger partial charge in [0.15, 0.2) is 0 Å². The standard InChI is InChI=1S/C41H46ClN3O6/c1-5-24-43(29-18-20-31(21-19-29)50-8-4)37(47)34-35-38(48)45(30(27-46)26-28-14-10-9-11-15-28)36(41(35)23-22-40(34,7-3)51-41)39(49)44(25-6-2)33-17-13-12-16-32(33)42/h5-6,9-21,30,34-36,46H,1-2,7-8,22-27H2,3-4H3/t30-,34+,35+,36?,40-,41?/m1/s1. The average Bonchev–Trinajstić information content (AvgIpc) is 3.76. The molecular weight excluding hydrogens is 666 g/mol. The molecule has 51 heavy (non-hydrogen) atoms. The van der Waals surface area contributed by atoms with Gasteiger partial charge in [-0.05, 0) is 74.6 Å². The Kier molecular flexibility index (Phi) is 10.7. The molecule has 6 atom stereocenters. The number of halogens is 1. The fourth-order valence-corrected chi connectivity index (χ4v) is 8.84. The molecule has 6 rings (SSSR count). The fourth-order valence-electron chi connectivity index (χ4n) is 8.60. The van der Waals surface area contributed by atoms with Crippen molar-refractivity contribution >= 4 is 40.7 Å². The van der Waals surface area contributed by atoms with Gasteiger partial charge in [0.05, 0.1) is 47.4 Å². The van der Waals surface area contributed by atoms with Crippen molar-refractivity contribution in [3.8, 4) is 5.75 Å². The highest BCUT2D eigenvalue weighted by Crippen LogP contribution is 2.65. The molecule has 10 heteroatoms. The second-order valence-electron chi connectivity index (χ2n) is 13.5. The first-order chi connectivity index (χ1) is 24.7. The predicted molar refractivity (Wildman–Crippen MR) is 199 cm³/mol. The number of hydrogen-bond donors (Lipinski definition) is 1. The topological polar surface area (TPSA) is 99.6 Å². The summed E-state index contributed by atoms with van der Waals surface area (Å²) < 4.78 is 12.7.